The van der Waals surface area contributed by atoms with E-state index < -0.39 is 22.3 Å². The topological polar surface area (TPSA) is 39.1 Å². The predicted molar refractivity (Wildman–Crippen MR) is 66.9 cm³/mol. The van der Waals surface area contributed by atoms with Crippen LogP contribution in [0.4, 0.5) is 8.78 Å². The maximum absolute atomic E-state index is 13.7. The molecule has 2 rings (SSSR count). The molecule has 6 heteroatoms. The molecule has 3 nitrogen and oxygen atoms in total. The number of carbonyl (C=O) groups excluding carboxylic acids is 1. The average molecular weight is 284 g/mol. The minimum absolute atomic E-state index is 0.0260. The third-order valence-electron chi connectivity index (χ3n) is 2.62. The molecule has 19 heavy (non-hydrogen) atoms. The molecule has 0 radical (unpaired) electrons. The van der Waals surface area contributed by atoms with E-state index in [-0.39, 0.29) is 11.3 Å². The van der Waals surface area contributed by atoms with Crippen LogP contribution < -0.4 is 5.43 Å². The lowest BCUT2D eigenvalue weighted by Gasteiger charge is -2.12. The fraction of sp³-hybridized carbons (Fsp3) is 0.0769. The van der Waals surface area contributed by atoms with Crippen molar-refractivity contribution < 1.29 is 13.6 Å². The number of aryl methyl sites for hydroxylation is 1. The molecular weight excluding hydrogens is 276 g/mol. The number of nitrogens with zero attached hydrogens (tertiary/aromatic N) is 1. The highest BCUT2D eigenvalue weighted by molar-refractivity contribution is 6.67. The van der Waals surface area contributed by atoms with Crippen LogP contribution >= 0.6 is 11.6 Å². The first-order valence-electron chi connectivity index (χ1n) is 5.28. The van der Waals surface area contributed by atoms with Crippen molar-refractivity contribution in [1.82, 2.24) is 4.57 Å². The molecule has 0 aliphatic carbocycles. The van der Waals surface area contributed by atoms with Crippen molar-refractivity contribution in [2.24, 2.45) is 0 Å². The summed E-state index contributed by atoms with van der Waals surface area (Å²) >= 11 is 5.28. The van der Waals surface area contributed by atoms with Gasteiger partial charge in [0.1, 0.15) is 11.6 Å². The molecule has 1 heterocycles. The summed E-state index contributed by atoms with van der Waals surface area (Å²) in [5, 5.41) is -0.929. The van der Waals surface area contributed by atoms with E-state index >= 15 is 0 Å². The highest BCUT2D eigenvalue weighted by Gasteiger charge is 2.13. The Bertz CT molecular complexity index is 725. The van der Waals surface area contributed by atoms with Gasteiger partial charge in [-0.2, -0.15) is 0 Å². The zero-order chi connectivity index (χ0) is 14.2. The lowest BCUT2D eigenvalue weighted by molar-refractivity contribution is 0.108. The fourth-order valence-corrected chi connectivity index (χ4v) is 1.86. The maximum atomic E-state index is 13.7. The minimum atomic E-state index is -0.929. The monoisotopic (exact) mass is 283 g/mol. The van der Waals surface area contributed by atoms with Crippen molar-refractivity contribution in [3.63, 3.8) is 0 Å². The first kappa shape index (κ1) is 13.4. The van der Waals surface area contributed by atoms with Gasteiger partial charge in [0.15, 0.2) is 5.43 Å². The molecule has 0 N–H and O–H groups in total. The zero-order valence-electron chi connectivity index (χ0n) is 9.78. The summed E-state index contributed by atoms with van der Waals surface area (Å²) in [5.41, 5.74) is -0.387. The van der Waals surface area contributed by atoms with Gasteiger partial charge in [0.05, 0.1) is 11.3 Å². The Morgan fingerprint density at radius 1 is 1.26 bits per heavy atom. The van der Waals surface area contributed by atoms with Crippen LogP contribution in [0, 0.1) is 18.6 Å². The van der Waals surface area contributed by atoms with Crippen LogP contribution in [0.1, 0.15) is 16.1 Å². The van der Waals surface area contributed by atoms with Gasteiger partial charge in [-0.3, -0.25) is 9.59 Å². The number of halogens is 3. The summed E-state index contributed by atoms with van der Waals surface area (Å²) in [7, 11) is 0. The standard InChI is InChI=1S/C13H8ClF2NO2/c1-7-4-12(18)9(13(14)19)6-17(7)11-3-2-8(15)5-10(11)16/h2-6H,1H3. The van der Waals surface area contributed by atoms with Gasteiger partial charge in [0.2, 0.25) is 0 Å². The molecule has 1 aromatic heterocycles. The van der Waals surface area contributed by atoms with Gasteiger partial charge >= 0.3 is 0 Å². The molecule has 0 unspecified atom stereocenters. The molecule has 0 amide bonds. The zero-order valence-corrected chi connectivity index (χ0v) is 10.5. The van der Waals surface area contributed by atoms with Crippen molar-refractivity contribution in [2.75, 3.05) is 0 Å². The Hall–Kier alpha value is -2.01. The lowest BCUT2D eigenvalue weighted by Crippen LogP contribution is -2.16. The second kappa shape index (κ2) is 4.93. The average Bonchev–Trinajstić information content (AvgIpc) is 2.30. The van der Waals surface area contributed by atoms with Gasteiger partial charge in [-0.25, -0.2) is 8.78 Å². The van der Waals surface area contributed by atoms with Gasteiger partial charge in [-0.15, -0.1) is 0 Å². The lowest BCUT2D eigenvalue weighted by atomic mass is 10.2. The normalized spacial score (nSPS) is 10.5. The van der Waals surface area contributed by atoms with E-state index in [0.29, 0.717) is 5.69 Å². The van der Waals surface area contributed by atoms with Crippen molar-refractivity contribution >= 4 is 16.8 Å². The maximum Gasteiger partial charge on any atom is 0.257 e. The number of benzene rings is 1. The second-order valence-corrected chi connectivity index (χ2v) is 4.28. The molecule has 1 aromatic carbocycles. The Morgan fingerprint density at radius 2 is 1.95 bits per heavy atom. The van der Waals surface area contributed by atoms with Crippen LogP contribution in [0.25, 0.3) is 5.69 Å². The van der Waals surface area contributed by atoms with E-state index in [0.717, 1.165) is 18.3 Å². The van der Waals surface area contributed by atoms with E-state index in [4.69, 9.17) is 11.6 Å². The first-order chi connectivity index (χ1) is 8.90. The van der Waals surface area contributed by atoms with E-state index in [1.807, 2.05) is 0 Å². The summed E-state index contributed by atoms with van der Waals surface area (Å²) in [4.78, 5) is 22.6. The Kier molecular flexibility index (Phi) is 3.48. The van der Waals surface area contributed by atoms with E-state index in [2.05, 4.69) is 0 Å². The number of hydrogen-bond donors (Lipinski definition) is 0. The molecule has 0 aliphatic heterocycles. The van der Waals surface area contributed by atoms with Crippen LogP contribution in [0.3, 0.4) is 0 Å². The van der Waals surface area contributed by atoms with Crippen molar-refractivity contribution in [2.45, 2.75) is 6.92 Å². The third-order valence-corrected chi connectivity index (χ3v) is 2.83. The number of aromatic nitrogens is 1. The highest BCUT2D eigenvalue weighted by Crippen LogP contribution is 2.17. The summed E-state index contributed by atoms with van der Waals surface area (Å²) < 4.78 is 27.8. The molecular formula is C13H8ClF2NO2. The molecule has 0 aliphatic rings. The van der Waals surface area contributed by atoms with Crippen molar-refractivity contribution in [1.29, 1.82) is 0 Å². The number of hydrogen-bond acceptors (Lipinski definition) is 2. The fourth-order valence-electron chi connectivity index (χ4n) is 1.72. The number of rotatable bonds is 2. The van der Waals surface area contributed by atoms with E-state index in [1.165, 1.54) is 16.7 Å². The summed E-state index contributed by atoms with van der Waals surface area (Å²) in [5.74, 6) is -1.52. The predicted octanol–water partition coefficient (Wildman–Crippen LogP) is 2.80. The van der Waals surface area contributed by atoms with Crippen molar-refractivity contribution in [3.8, 4) is 5.69 Å². The molecule has 2 aromatic rings. The molecule has 0 atom stereocenters. The van der Waals surface area contributed by atoms with E-state index in [9.17, 15) is 18.4 Å². The first-order valence-corrected chi connectivity index (χ1v) is 5.66. The number of carbonyl (C=O) groups is 1. The van der Waals surface area contributed by atoms with Crippen LogP contribution in [0.15, 0.2) is 35.3 Å². The molecule has 0 spiro atoms. The highest BCUT2D eigenvalue weighted by atomic mass is 35.5. The molecule has 0 saturated heterocycles. The van der Waals surface area contributed by atoms with Gasteiger partial charge in [0.25, 0.3) is 5.24 Å². The molecule has 0 bridgehead atoms. The summed E-state index contributed by atoms with van der Waals surface area (Å²) in [6, 6.07) is 4.18. The Morgan fingerprint density at radius 3 is 2.53 bits per heavy atom. The van der Waals surface area contributed by atoms with Crippen molar-refractivity contribution in [3.05, 3.63) is 63.6 Å². The molecule has 98 valence electrons. The van der Waals surface area contributed by atoms with Crippen LogP contribution in [-0.4, -0.2) is 9.81 Å². The second-order valence-electron chi connectivity index (χ2n) is 3.93. The molecule has 0 saturated carbocycles. The van der Waals surface area contributed by atoms with Gasteiger partial charge in [-0.1, -0.05) is 0 Å². The summed E-state index contributed by atoms with van der Waals surface area (Å²) in [6.07, 6.45) is 1.14. The third kappa shape index (κ3) is 2.56. The molecule has 0 fully saturated rings. The Balaban J connectivity index is 2.71. The Labute approximate surface area is 112 Å². The minimum Gasteiger partial charge on any atom is -0.317 e. The summed E-state index contributed by atoms with van der Waals surface area (Å²) in [6.45, 7) is 1.56. The largest absolute Gasteiger partial charge is 0.317 e. The quantitative estimate of drug-likeness (QED) is 0.795. The van der Waals surface area contributed by atoms with Crippen LogP contribution in [0.5, 0.6) is 0 Å². The van der Waals surface area contributed by atoms with Crippen LogP contribution in [-0.2, 0) is 0 Å². The van der Waals surface area contributed by atoms with Gasteiger partial charge < -0.3 is 4.57 Å². The van der Waals surface area contributed by atoms with Gasteiger partial charge in [-0.05, 0) is 30.7 Å². The smallest absolute Gasteiger partial charge is 0.257 e. The van der Waals surface area contributed by atoms with E-state index in [1.54, 1.807) is 6.92 Å². The van der Waals surface area contributed by atoms with Gasteiger partial charge in [0, 0.05) is 24.0 Å². The van der Waals surface area contributed by atoms with Crippen LogP contribution in [0.2, 0.25) is 0 Å². The SMILES string of the molecule is Cc1cc(=O)c(C(=O)Cl)cn1-c1ccc(F)cc1F. The number of pyridine rings is 1.